The Bertz CT molecular complexity index is 596. The van der Waals surface area contributed by atoms with E-state index in [1.807, 2.05) is 0 Å². The molecule has 0 aromatic carbocycles. The first-order valence-electron chi connectivity index (χ1n) is 6.45. The van der Waals surface area contributed by atoms with Crippen LogP contribution < -0.4 is 16.6 Å². The maximum atomic E-state index is 10.2. The lowest BCUT2D eigenvalue weighted by atomic mass is 10.0. The molecule has 2 aromatic heterocycles. The van der Waals surface area contributed by atoms with E-state index in [4.69, 9.17) is 10.6 Å². The molecular weight excluding hydrogens is 276 g/mol. The van der Waals surface area contributed by atoms with Gasteiger partial charge in [-0.3, -0.25) is 5.43 Å². The molecule has 10 heteroatoms. The van der Waals surface area contributed by atoms with Gasteiger partial charge in [0.25, 0.3) is 5.95 Å². The molecule has 0 radical (unpaired) electrons. The molecule has 0 saturated carbocycles. The maximum Gasteiger partial charge on any atom is 0.257 e. The van der Waals surface area contributed by atoms with Crippen molar-refractivity contribution in [2.45, 2.75) is 12.0 Å². The first kappa shape index (κ1) is 13.7. The van der Waals surface area contributed by atoms with Crippen LogP contribution in [-0.2, 0) is 4.74 Å². The molecule has 3 rings (SSSR count). The monoisotopic (exact) mass is 292 g/mol. The summed E-state index contributed by atoms with van der Waals surface area (Å²) >= 11 is 0. The topological polar surface area (TPSA) is 136 Å². The Labute approximate surface area is 120 Å². The lowest BCUT2D eigenvalue weighted by molar-refractivity contribution is 0.0380. The van der Waals surface area contributed by atoms with Crippen LogP contribution in [0.5, 0.6) is 0 Å². The molecule has 1 unspecified atom stereocenters. The van der Waals surface area contributed by atoms with Gasteiger partial charge < -0.3 is 15.2 Å². The van der Waals surface area contributed by atoms with E-state index in [-0.39, 0.29) is 12.5 Å². The fraction of sp³-hybridized carbons (Fsp3) is 0.455. The van der Waals surface area contributed by atoms with Gasteiger partial charge in [-0.25, -0.2) is 10.5 Å². The molecular formula is C11H16N8O2. The van der Waals surface area contributed by atoms with Crippen molar-refractivity contribution < 1.29 is 9.84 Å². The van der Waals surface area contributed by atoms with Crippen LogP contribution in [0, 0.1) is 0 Å². The number of anilines is 2. The predicted octanol–water partition coefficient (Wildman–Crippen LogP) is -1.09. The zero-order chi connectivity index (χ0) is 14.7. The zero-order valence-electron chi connectivity index (χ0n) is 11.2. The zero-order valence-corrected chi connectivity index (χ0v) is 11.2. The summed E-state index contributed by atoms with van der Waals surface area (Å²) in [6, 6.07) is 1.75. The molecule has 21 heavy (non-hydrogen) atoms. The third-order valence-electron chi connectivity index (χ3n) is 3.12. The summed E-state index contributed by atoms with van der Waals surface area (Å²) < 4.78 is 6.67. The number of hydrogen-bond donors (Lipinski definition) is 4. The lowest BCUT2D eigenvalue weighted by Crippen LogP contribution is -2.37. The molecule has 0 aliphatic carbocycles. The second-order valence-corrected chi connectivity index (χ2v) is 4.76. The van der Waals surface area contributed by atoms with Crippen molar-refractivity contribution in [3.05, 3.63) is 18.5 Å². The quantitative estimate of drug-likeness (QED) is 0.400. The van der Waals surface area contributed by atoms with Crippen molar-refractivity contribution in [1.82, 2.24) is 24.7 Å². The molecule has 112 valence electrons. The fourth-order valence-corrected chi connectivity index (χ4v) is 1.98. The number of nitrogens with one attached hydrogen (secondary N) is 2. The molecule has 2 aromatic rings. The van der Waals surface area contributed by atoms with Gasteiger partial charge >= 0.3 is 0 Å². The minimum Gasteiger partial charge on any atom is -0.386 e. The van der Waals surface area contributed by atoms with Gasteiger partial charge in [-0.2, -0.15) is 20.1 Å². The van der Waals surface area contributed by atoms with Crippen LogP contribution in [-0.4, -0.2) is 55.2 Å². The highest BCUT2D eigenvalue weighted by Crippen LogP contribution is 2.18. The summed E-state index contributed by atoms with van der Waals surface area (Å²) in [6.45, 7) is 1.11. The van der Waals surface area contributed by atoms with Crippen molar-refractivity contribution in [3.63, 3.8) is 0 Å². The van der Waals surface area contributed by atoms with Crippen molar-refractivity contribution in [3.8, 4) is 5.95 Å². The number of nitrogens with two attached hydrogens (primary N) is 1. The first-order chi connectivity index (χ1) is 10.2. The predicted molar refractivity (Wildman–Crippen MR) is 73.6 cm³/mol. The average molecular weight is 292 g/mol. The first-order valence-corrected chi connectivity index (χ1v) is 6.45. The minimum atomic E-state index is -0.908. The van der Waals surface area contributed by atoms with Crippen molar-refractivity contribution in [1.29, 1.82) is 0 Å². The summed E-state index contributed by atoms with van der Waals surface area (Å²) in [5.74, 6) is 6.17. The van der Waals surface area contributed by atoms with Crippen LogP contribution >= 0.6 is 0 Å². The molecule has 1 fully saturated rings. The fourth-order valence-electron chi connectivity index (χ4n) is 1.98. The highest BCUT2D eigenvalue weighted by molar-refractivity contribution is 5.37. The number of aliphatic hydroxyl groups is 1. The number of aromatic nitrogens is 5. The molecule has 3 heterocycles. The summed E-state index contributed by atoms with van der Waals surface area (Å²) in [6.07, 6.45) is 3.89. The summed E-state index contributed by atoms with van der Waals surface area (Å²) in [7, 11) is 0. The normalized spacial score (nSPS) is 21.4. The van der Waals surface area contributed by atoms with Gasteiger partial charge in [0.2, 0.25) is 11.9 Å². The molecule has 1 aliphatic rings. The van der Waals surface area contributed by atoms with Gasteiger partial charge in [0.05, 0.1) is 6.61 Å². The molecule has 0 spiro atoms. The van der Waals surface area contributed by atoms with Gasteiger partial charge in [-0.05, 0) is 6.07 Å². The number of hydrazine groups is 1. The number of rotatable bonds is 5. The highest BCUT2D eigenvalue weighted by atomic mass is 16.5. The van der Waals surface area contributed by atoms with Crippen LogP contribution in [0.2, 0.25) is 0 Å². The molecule has 1 aliphatic heterocycles. The molecule has 1 atom stereocenters. The third-order valence-corrected chi connectivity index (χ3v) is 3.12. The Morgan fingerprint density at radius 3 is 2.90 bits per heavy atom. The molecule has 1 saturated heterocycles. The molecule has 10 nitrogen and oxygen atoms in total. The Hall–Kier alpha value is -2.30. The third kappa shape index (κ3) is 3.07. The standard InChI is InChI=1S/C11H16N8O2/c12-18-9-15-8(13-6-11(20)2-5-21-7-11)16-10(17-9)19-4-1-3-14-19/h1,3-4,20H,2,5-7,12H2,(H2,13,15,16,17,18). The van der Waals surface area contributed by atoms with E-state index >= 15 is 0 Å². The highest BCUT2D eigenvalue weighted by Gasteiger charge is 2.32. The smallest absolute Gasteiger partial charge is 0.257 e. The van der Waals surface area contributed by atoms with Crippen LogP contribution in [0.1, 0.15) is 6.42 Å². The Balaban J connectivity index is 1.79. The van der Waals surface area contributed by atoms with Gasteiger partial charge in [0.15, 0.2) is 0 Å². The van der Waals surface area contributed by atoms with Crippen LogP contribution in [0.15, 0.2) is 18.5 Å². The van der Waals surface area contributed by atoms with E-state index in [1.54, 1.807) is 18.5 Å². The van der Waals surface area contributed by atoms with Crippen LogP contribution in [0.4, 0.5) is 11.9 Å². The summed E-state index contributed by atoms with van der Waals surface area (Å²) in [5.41, 5.74) is 1.47. The van der Waals surface area contributed by atoms with Gasteiger partial charge in [-0.1, -0.05) is 0 Å². The lowest BCUT2D eigenvalue weighted by Gasteiger charge is -2.20. The summed E-state index contributed by atoms with van der Waals surface area (Å²) in [5, 5.41) is 17.2. The summed E-state index contributed by atoms with van der Waals surface area (Å²) in [4.78, 5) is 12.4. The van der Waals surface area contributed by atoms with Gasteiger partial charge in [-0.15, -0.1) is 0 Å². The largest absolute Gasteiger partial charge is 0.386 e. The minimum absolute atomic E-state index is 0.202. The van der Waals surface area contributed by atoms with Crippen LogP contribution in [0.3, 0.4) is 0 Å². The second kappa shape index (κ2) is 5.60. The molecule has 0 amide bonds. The van der Waals surface area contributed by atoms with Crippen LogP contribution in [0.25, 0.3) is 5.95 Å². The number of ether oxygens (including phenoxy) is 1. The van der Waals surface area contributed by atoms with Crippen molar-refractivity contribution >= 4 is 11.9 Å². The number of nitrogen functional groups attached to an aromatic ring is 1. The van der Waals surface area contributed by atoms with E-state index in [2.05, 4.69) is 30.8 Å². The molecule has 0 bridgehead atoms. The van der Waals surface area contributed by atoms with Gasteiger partial charge in [0.1, 0.15) is 5.60 Å². The Morgan fingerprint density at radius 2 is 2.24 bits per heavy atom. The Kier molecular flexibility index (Phi) is 3.64. The SMILES string of the molecule is NNc1nc(NCC2(O)CCOC2)nc(-n2cccn2)n1. The maximum absolute atomic E-state index is 10.2. The van der Waals surface area contributed by atoms with E-state index in [0.717, 1.165) is 0 Å². The van der Waals surface area contributed by atoms with Crippen molar-refractivity contribution in [2.24, 2.45) is 5.84 Å². The second-order valence-electron chi connectivity index (χ2n) is 4.76. The number of nitrogens with zero attached hydrogens (tertiary/aromatic N) is 5. The van der Waals surface area contributed by atoms with Crippen molar-refractivity contribution in [2.75, 3.05) is 30.5 Å². The van der Waals surface area contributed by atoms with E-state index in [9.17, 15) is 5.11 Å². The molecule has 5 N–H and O–H groups in total. The van der Waals surface area contributed by atoms with E-state index in [1.165, 1.54) is 4.68 Å². The number of hydrogen-bond acceptors (Lipinski definition) is 9. The Morgan fingerprint density at radius 1 is 1.38 bits per heavy atom. The van der Waals surface area contributed by atoms with E-state index in [0.29, 0.717) is 31.5 Å². The van der Waals surface area contributed by atoms with E-state index < -0.39 is 5.60 Å². The van der Waals surface area contributed by atoms with Gasteiger partial charge in [0, 0.05) is 32.0 Å². The average Bonchev–Trinajstić information content (AvgIpc) is 3.17.